The molecule has 2 aromatic rings. The molecule has 1 N–H and O–H groups in total. The summed E-state index contributed by atoms with van der Waals surface area (Å²) in [5, 5.41) is 9.92. The van der Waals surface area contributed by atoms with E-state index in [1.807, 2.05) is 12.1 Å². The molecule has 0 spiro atoms. The van der Waals surface area contributed by atoms with Crippen LogP contribution in [0.15, 0.2) is 36.4 Å². The average molecular weight is 324 g/mol. The fourth-order valence-corrected chi connectivity index (χ4v) is 3.00. The number of methoxy groups -OCH3 is 2. The maximum atomic E-state index is 12.4. The molecule has 4 heteroatoms. The summed E-state index contributed by atoms with van der Waals surface area (Å²) in [6.45, 7) is 0. The minimum atomic E-state index is -0.0536. The van der Waals surface area contributed by atoms with Crippen molar-refractivity contribution in [3.8, 4) is 17.2 Å². The Morgan fingerprint density at radius 2 is 1.71 bits per heavy atom. The van der Waals surface area contributed by atoms with Gasteiger partial charge in [0.2, 0.25) is 5.75 Å². The van der Waals surface area contributed by atoms with E-state index in [9.17, 15) is 9.90 Å². The predicted octanol–water partition coefficient (Wildman–Crippen LogP) is 3.79. The van der Waals surface area contributed by atoms with Gasteiger partial charge in [-0.1, -0.05) is 18.2 Å². The highest BCUT2D eigenvalue weighted by molar-refractivity contribution is 6.07. The van der Waals surface area contributed by atoms with E-state index in [1.165, 1.54) is 31.4 Å². The van der Waals surface area contributed by atoms with Crippen LogP contribution >= 0.6 is 0 Å². The summed E-state index contributed by atoms with van der Waals surface area (Å²) in [5.41, 5.74) is 4.05. The third-order valence-corrected chi connectivity index (χ3v) is 4.31. The van der Waals surface area contributed by atoms with E-state index in [0.29, 0.717) is 17.1 Å². The number of ketones is 1. The molecular weight excluding hydrogens is 304 g/mol. The van der Waals surface area contributed by atoms with E-state index < -0.39 is 0 Å². The van der Waals surface area contributed by atoms with Gasteiger partial charge in [0.15, 0.2) is 17.3 Å². The van der Waals surface area contributed by atoms with Crippen LogP contribution < -0.4 is 9.47 Å². The second-order valence-corrected chi connectivity index (χ2v) is 5.81. The predicted molar refractivity (Wildman–Crippen MR) is 93.0 cm³/mol. The van der Waals surface area contributed by atoms with Crippen LogP contribution in [0.25, 0.3) is 6.08 Å². The van der Waals surface area contributed by atoms with Crippen LogP contribution in [0.1, 0.15) is 33.5 Å². The highest BCUT2D eigenvalue weighted by Gasteiger charge is 2.13. The van der Waals surface area contributed by atoms with Crippen molar-refractivity contribution in [1.82, 2.24) is 0 Å². The second kappa shape index (κ2) is 6.79. The SMILES string of the molecule is COc1cc(/C=C/C(=O)c2ccc3c(c2)CCC3)cc(OC)c1O. The van der Waals surface area contributed by atoms with Crippen LogP contribution in [0, 0.1) is 0 Å². The first kappa shape index (κ1) is 16.1. The zero-order valence-corrected chi connectivity index (χ0v) is 13.8. The van der Waals surface area contributed by atoms with Gasteiger partial charge in [-0.3, -0.25) is 4.79 Å². The Bertz CT molecular complexity index is 780. The van der Waals surface area contributed by atoms with Crippen LogP contribution in [0.5, 0.6) is 17.2 Å². The summed E-state index contributed by atoms with van der Waals surface area (Å²) in [4.78, 5) is 12.4. The first-order valence-electron chi connectivity index (χ1n) is 7.91. The van der Waals surface area contributed by atoms with Gasteiger partial charge in [0.1, 0.15) is 0 Å². The molecule has 3 rings (SSSR count). The number of fused-ring (bicyclic) bond motifs is 1. The van der Waals surface area contributed by atoms with E-state index in [0.717, 1.165) is 24.8 Å². The van der Waals surface area contributed by atoms with Gasteiger partial charge >= 0.3 is 0 Å². The highest BCUT2D eigenvalue weighted by Crippen LogP contribution is 2.37. The lowest BCUT2D eigenvalue weighted by Gasteiger charge is -2.09. The van der Waals surface area contributed by atoms with Gasteiger partial charge in [-0.2, -0.15) is 0 Å². The van der Waals surface area contributed by atoms with Crippen LogP contribution in [-0.2, 0) is 12.8 Å². The van der Waals surface area contributed by atoms with Gasteiger partial charge in [0, 0.05) is 5.56 Å². The lowest BCUT2D eigenvalue weighted by Crippen LogP contribution is -1.96. The molecule has 24 heavy (non-hydrogen) atoms. The molecule has 0 bridgehead atoms. The van der Waals surface area contributed by atoms with E-state index in [1.54, 1.807) is 18.2 Å². The van der Waals surface area contributed by atoms with Crippen molar-refractivity contribution >= 4 is 11.9 Å². The third-order valence-electron chi connectivity index (χ3n) is 4.31. The number of carbonyl (C=O) groups excluding carboxylic acids is 1. The molecule has 0 saturated heterocycles. The zero-order valence-electron chi connectivity index (χ0n) is 13.8. The number of hydrogen-bond acceptors (Lipinski definition) is 4. The fraction of sp³-hybridized carbons (Fsp3) is 0.250. The molecule has 2 aromatic carbocycles. The van der Waals surface area contributed by atoms with Gasteiger partial charge in [-0.25, -0.2) is 0 Å². The minimum Gasteiger partial charge on any atom is -0.502 e. The Morgan fingerprint density at radius 1 is 1.04 bits per heavy atom. The van der Waals surface area contributed by atoms with Crippen LogP contribution in [-0.4, -0.2) is 25.1 Å². The Morgan fingerprint density at radius 3 is 2.38 bits per heavy atom. The van der Waals surface area contributed by atoms with Crippen LogP contribution in [0.4, 0.5) is 0 Å². The van der Waals surface area contributed by atoms with Crippen molar-refractivity contribution in [2.24, 2.45) is 0 Å². The molecule has 0 aliphatic heterocycles. The van der Waals surface area contributed by atoms with Crippen molar-refractivity contribution in [2.45, 2.75) is 19.3 Å². The summed E-state index contributed by atoms with van der Waals surface area (Å²) in [5.74, 6) is 0.510. The lowest BCUT2D eigenvalue weighted by molar-refractivity contribution is 0.104. The maximum Gasteiger partial charge on any atom is 0.200 e. The largest absolute Gasteiger partial charge is 0.502 e. The quantitative estimate of drug-likeness (QED) is 0.671. The molecule has 1 aliphatic rings. The summed E-state index contributed by atoms with van der Waals surface area (Å²) >= 11 is 0. The molecular formula is C20H20O4. The maximum absolute atomic E-state index is 12.4. The smallest absolute Gasteiger partial charge is 0.200 e. The van der Waals surface area contributed by atoms with Crippen molar-refractivity contribution in [2.75, 3.05) is 14.2 Å². The van der Waals surface area contributed by atoms with E-state index in [-0.39, 0.29) is 11.5 Å². The monoisotopic (exact) mass is 324 g/mol. The first-order valence-corrected chi connectivity index (χ1v) is 7.91. The van der Waals surface area contributed by atoms with Crippen LogP contribution in [0.2, 0.25) is 0 Å². The zero-order chi connectivity index (χ0) is 17.1. The molecule has 0 atom stereocenters. The molecule has 0 aromatic heterocycles. The number of phenolic OH excluding ortho intramolecular Hbond substituents is 1. The van der Waals surface area contributed by atoms with Crippen LogP contribution in [0.3, 0.4) is 0 Å². The van der Waals surface area contributed by atoms with E-state index in [2.05, 4.69) is 6.07 Å². The number of aryl methyl sites for hydroxylation is 2. The number of ether oxygens (including phenoxy) is 2. The summed E-state index contributed by atoms with van der Waals surface area (Å²) < 4.78 is 10.2. The summed E-state index contributed by atoms with van der Waals surface area (Å²) in [7, 11) is 2.94. The van der Waals surface area contributed by atoms with E-state index in [4.69, 9.17) is 9.47 Å². The number of rotatable bonds is 5. The molecule has 0 saturated carbocycles. The molecule has 0 unspecified atom stereocenters. The number of allylic oxidation sites excluding steroid dienone is 1. The number of phenols is 1. The second-order valence-electron chi connectivity index (χ2n) is 5.81. The molecule has 0 amide bonds. The van der Waals surface area contributed by atoms with E-state index >= 15 is 0 Å². The molecule has 0 fully saturated rings. The van der Waals surface area contributed by atoms with Crippen molar-refractivity contribution in [3.63, 3.8) is 0 Å². The normalized spacial score (nSPS) is 13.1. The number of aromatic hydroxyl groups is 1. The van der Waals surface area contributed by atoms with Gasteiger partial charge in [0.25, 0.3) is 0 Å². The average Bonchev–Trinajstić information content (AvgIpc) is 3.08. The Labute approximate surface area is 141 Å². The molecule has 0 heterocycles. The summed E-state index contributed by atoms with van der Waals surface area (Å²) in [6, 6.07) is 9.24. The molecule has 4 nitrogen and oxygen atoms in total. The fourth-order valence-electron chi connectivity index (χ4n) is 3.00. The number of carbonyl (C=O) groups is 1. The van der Waals surface area contributed by atoms with Gasteiger partial charge < -0.3 is 14.6 Å². The summed E-state index contributed by atoms with van der Waals surface area (Å²) in [6.07, 6.45) is 6.54. The van der Waals surface area contributed by atoms with Crippen molar-refractivity contribution < 1.29 is 19.4 Å². The number of benzene rings is 2. The van der Waals surface area contributed by atoms with Crippen molar-refractivity contribution in [1.29, 1.82) is 0 Å². The first-order chi connectivity index (χ1) is 11.6. The van der Waals surface area contributed by atoms with Gasteiger partial charge in [-0.15, -0.1) is 0 Å². The van der Waals surface area contributed by atoms with Gasteiger partial charge in [-0.05, 0) is 60.2 Å². The standard InChI is InChI=1S/C20H20O4/c1-23-18-10-13(11-19(24-2)20(18)22)6-9-17(21)16-8-7-14-4-3-5-15(14)12-16/h6-12,22H,3-5H2,1-2H3/b9-6+. The Kier molecular flexibility index (Phi) is 4.56. The van der Waals surface area contributed by atoms with Gasteiger partial charge in [0.05, 0.1) is 14.2 Å². The van der Waals surface area contributed by atoms with Crippen molar-refractivity contribution in [3.05, 3.63) is 58.7 Å². The third kappa shape index (κ3) is 3.13. The topological polar surface area (TPSA) is 55.8 Å². The lowest BCUT2D eigenvalue weighted by atomic mass is 10.0. The molecule has 1 aliphatic carbocycles. The number of hydrogen-bond donors (Lipinski definition) is 1. The molecule has 0 radical (unpaired) electrons. The highest BCUT2D eigenvalue weighted by atomic mass is 16.5. The minimum absolute atomic E-state index is 0.0456. The molecule has 124 valence electrons. The Hall–Kier alpha value is -2.75. The Balaban J connectivity index is 1.84.